The third-order valence-corrected chi connectivity index (χ3v) is 3.72. The molecule has 0 bridgehead atoms. The second kappa shape index (κ2) is 6.18. The predicted molar refractivity (Wildman–Crippen MR) is 80.0 cm³/mol. The van der Waals surface area contributed by atoms with Gasteiger partial charge in [-0.15, -0.1) is 0 Å². The van der Waals surface area contributed by atoms with Crippen LogP contribution in [0.25, 0.3) is 0 Å². The minimum Gasteiger partial charge on any atom is -0.339 e. The van der Waals surface area contributed by atoms with Gasteiger partial charge >= 0.3 is 0 Å². The van der Waals surface area contributed by atoms with E-state index in [0.29, 0.717) is 18.4 Å². The van der Waals surface area contributed by atoms with E-state index in [2.05, 4.69) is 61.4 Å². The lowest BCUT2D eigenvalue weighted by molar-refractivity contribution is 0.333. The summed E-state index contributed by atoms with van der Waals surface area (Å²) in [6.07, 6.45) is 0.715. The molecule has 1 aromatic carbocycles. The molecule has 0 amide bonds. The summed E-state index contributed by atoms with van der Waals surface area (Å²) in [7, 11) is 1.94. The van der Waals surface area contributed by atoms with Gasteiger partial charge < -0.3 is 9.84 Å². The number of rotatable bonds is 5. The highest BCUT2D eigenvalue weighted by Gasteiger charge is 2.19. The average molecular weight is 273 g/mol. The molecule has 0 aliphatic carbocycles. The zero-order valence-electron chi connectivity index (χ0n) is 12.9. The SMILES string of the molecule is CNC(C)C(C)c1nc(Cc2cc(C)cc(C)c2)no1. The van der Waals surface area contributed by atoms with E-state index in [1.165, 1.54) is 16.7 Å². The molecule has 1 heterocycles. The van der Waals surface area contributed by atoms with Crippen LogP contribution in [-0.2, 0) is 6.42 Å². The van der Waals surface area contributed by atoms with E-state index >= 15 is 0 Å². The first kappa shape index (κ1) is 14.7. The molecule has 108 valence electrons. The maximum absolute atomic E-state index is 5.38. The lowest BCUT2D eigenvalue weighted by atomic mass is 10.0. The highest BCUT2D eigenvalue weighted by molar-refractivity contribution is 5.30. The summed E-state index contributed by atoms with van der Waals surface area (Å²) in [5.41, 5.74) is 3.76. The maximum atomic E-state index is 5.38. The Labute approximate surface area is 120 Å². The third kappa shape index (κ3) is 3.45. The molecule has 4 heteroatoms. The van der Waals surface area contributed by atoms with Gasteiger partial charge in [0.05, 0.1) is 5.92 Å². The monoisotopic (exact) mass is 273 g/mol. The maximum Gasteiger partial charge on any atom is 0.231 e. The van der Waals surface area contributed by atoms with E-state index in [9.17, 15) is 0 Å². The van der Waals surface area contributed by atoms with Crippen molar-refractivity contribution in [2.24, 2.45) is 0 Å². The number of benzene rings is 1. The highest BCUT2D eigenvalue weighted by Crippen LogP contribution is 2.18. The first-order valence-electron chi connectivity index (χ1n) is 7.06. The molecule has 0 saturated carbocycles. The van der Waals surface area contributed by atoms with Crippen LogP contribution < -0.4 is 5.32 Å². The molecule has 2 unspecified atom stereocenters. The molecular weight excluding hydrogens is 250 g/mol. The van der Waals surface area contributed by atoms with Crippen molar-refractivity contribution in [3.05, 3.63) is 46.6 Å². The van der Waals surface area contributed by atoms with Crippen molar-refractivity contribution in [3.63, 3.8) is 0 Å². The largest absolute Gasteiger partial charge is 0.339 e. The fourth-order valence-electron chi connectivity index (χ4n) is 2.34. The van der Waals surface area contributed by atoms with Crippen LogP contribution in [0.1, 0.15) is 48.2 Å². The highest BCUT2D eigenvalue weighted by atomic mass is 16.5. The number of nitrogens with one attached hydrogen (secondary N) is 1. The fourth-order valence-corrected chi connectivity index (χ4v) is 2.34. The summed E-state index contributed by atoms with van der Waals surface area (Å²) in [6, 6.07) is 6.82. The van der Waals surface area contributed by atoms with E-state index in [4.69, 9.17) is 4.52 Å². The van der Waals surface area contributed by atoms with Gasteiger partial charge in [0.1, 0.15) is 0 Å². The van der Waals surface area contributed by atoms with Crippen LogP contribution in [0.2, 0.25) is 0 Å². The van der Waals surface area contributed by atoms with Crippen LogP contribution in [-0.4, -0.2) is 23.2 Å². The Hall–Kier alpha value is -1.68. The molecule has 2 rings (SSSR count). The van der Waals surface area contributed by atoms with Crippen molar-refractivity contribution in [1.82, 2.24) is 15.5 Å². The lowest BCUT2D eigenvalue weighted by Gasteiger charge is -2.14. The van der Waals surface area contributed by atoms with E-state index in [-0.39, 0.29) is 5.92 Å². The molecule has 20 heavy (non-hydrogen) atoms. The normalized spacial score (nSPS) is 14.2. The Bertz CT molecular complexity index is 557. The van der Waals surface area contributed by atoms with Crippen LogP contribution in [0.5, 0.6) is 0 Å². The standard InChI is InChI=1S/C16H23N3O/c1-10-6-11(2)8-14(7-10)9-15-18-16(20-19-15)12(3)13(4)17-5/h6-8,12-13,17H,9H2,1-5H3. The van der Waals surface area contributed by atoms with Crippen LogP contribution >= 0.6 is 0 Å². The van der Waals surface area contributed by atoms with E-state index in [1.807, 2.05) is 7.05 Å². The Balaban J connectivity index is 2.13. The molecule has 1 N–H and O–H groups in total. The van der Waals surface area contributed by atoms with Gasteiger partial charge in [-0.05, 0) is 33.4 Å². The molecule has 0 radical (unpaired) electrons. The lowest BCUT2D eigenvalue weighted by Crippen LogP contribution is -2.27. The van der Waals surface area contributed by atoms with Crippen molar-refractivity contribution in [1.29, 1.82) is 0 Å². The van der Waals surface area contributed by atoms with Crippen LogP contribution in [0, 0.1) is 13.8 Å². The Morgan fingerprint density at radius 3 is 2.40 bits per heavy atom. The zero-order valence-corrected chi connectivity index (χ0v) is 12.9. The van der Waals surface area contributed by atoms with Crippen LogP contribution in [0.3, 0.4) is 0 Å². The van der Waals surface area contributed by atoms with Gasteiger partial charge in [-0.1, -0.05) is 41.4 Å². The van der Waals surface area contributed by atoms with Crippen molar-refractivity contribution < 1.29 is 4.52 Å². The first-order valence-corrected chi connectivity index (χ1v) is 7.06. The predicted octanol–water partition coefficient (Wildman–Crippen LogP) is 2.99. The fraction of sp³-hybridized carbons (Fsp3) is 0.500. The quantitative estimate of drug-likeness (QED) is 0.910. The topological polar surface area (TPSA) is 51.0 Å². The van der Waals surface area contributed by atoms with Gasteiger partial charge in [0.25, 0.3) is 0 Å². The first-order chi connectivity index (χ1) is 9.49. The van der Waals surface area contributed by atoms with E-state index < -0.39 is 0 Å². The molecule has 0 fully saturated rings. The van der Waals surface area contributed by atoms with Crippen molar-refractivity contribution in [3.8, 4) is 0 Å². The Kier molecular flexibility index (Phi) is 4.55. The molecule has 0 aliphatic rings. The van der Waals surface area contributed by atoms with Gasteiger partial charge in [-0.3, -0.25) is 0 Å². The van der Waals surface area contributed by atoms with E-state index in [1.54, 1.807) is 0 Å². The number of aromatic nitrogens is 2. The van der Waals surface area contributed by atoms with Gasteiger partial charge in [-0.2, -0.15) is 4.98 Å². The molecular formula is C16H23N3O. The Morgan fingerprint density at radius 1 is 1.15 bits per heavy atom. The van der Waals surface area contributed by atoms with Crippen molar-refractivity contribution >= 4 is 0 Å². The van der Waals surface area contributed by atoms with Gasteiger partial charge in [0.2, 0.25) is 5.89 Å². The summed E-state index contributed by atoms with van der Waals surface area (Å²) in [5.74, 6) is 1.66. The van der Waals surface area contributed by atoms with Crippen molar-refractivity contribution in [2.75, 3.05) is 7.05 Å². The van der Waals surface area contributed by atoms with Crippen LogP contribution in [0.4, 0.5) is 0 Å². The summed E-state index contributed by atoms with van der Waals surface area (Å²) in [6.45, 7) is 8.41. The smallest absolute Gasteiger partial charge is 0.231 e. The molecule has 0 saturated heterocycles. The zero-order chi connectivity index (χ0) is 14.7. The molecule has 0 aliphatic heterocycles. The van der Waals surface area contributed by atoms with E-state index in [0.717, 1.165) is 5.82 Å². The molecule has 0 spiro atoms. The molecule has 2 aromatic rings. The molecule has 2 atom stereocenters. The number of hydrogen-bond donors (Lipinski definition) is 1. The summed E-state index contributed by atoms with van der Waals surface area (Å²) >= 11 is 0. The van der Waals surface area contributed by atoms with Crippen LogP contribution in [0.15, 0.2) is 22.7 Å². The number of nitrogens with zero attached hydrogens (tertiary/aromatic N) is 2. The summed E-state index contributed by atoms with van der Waals surface area (Å²) < 4.78 is 5.38. The number of likely N-dealkylation sites (N-methyl/N-ethyl adjacent to an activating group) is 1. The summed E-state index contributed by atoms with van der Waals surface area (Å²) in [4.78, 5) is 4.52. The number of aryl methyl sites for hydroxylation is 2. The molecule has 4 nitrogen and oxygen atoms in total. The van der Waals surface area contributed by atoms with Crippen molar-refractivity contribution in [2.45, 2.75) is 46.1 Å². The minimum atomic E-state index is 0.209. The van der Waals surface area contributed by atoms with Gasteiger partial charge in [0.15, 0.2) is 5.82 Å². The average Bonchev–Trinajstić information content (AvgIpc) is 2.84. The molecule has 1 aromatic heterocycles. The summed E-state index contributed by atoms with van der Waals surface area (Å²) in [5, 5.41) is 7.30. The third-order valence-electron chi connectivity index (χ3n) is 3.72. The second-order valence-electron chi connectivity index (χ2n) is 5.59. The Morgan fingerprint density at radius 2 is 1.80 bits per heavy atom. The minimum absolute atomic E-state index is 0.209. The number of hydrogen-bond acceptors (Lipinski definition) is 4. The van der Waals surface area contributed by atoms with Gasteiger partial charge in [-0.25, -0.2) is 0 Å². The second-order valence-corrected chi connectivity index (χ2v) is 5.59. The van der Waals surface area contributed by atoms with Gasteiger partial charge in [0, 0.05) is 12.5 Å².